The van der Waals surface area contributed by atoms with Crippen LogP contribution in [0.1, 0.15) is 18.9 Å². The number of hydrogen-bond acceptors (Lipinski definition) is 2. The van der Waals surface area contributed by atoms with Crippen molar-refractivity contribution in [2.24, 2.45) is 0 Å². The maximum absolute atomic E-state index is 12.1. The van der Waals surface area contributed by atoms with Crippen LogP contribution in [0, 0.1) is 11.3 Å². The molecular weight excluding hydrogens is 253 g/mol. The van der Waals surface area contributed by atoms with Crippen LogP contribution in [0.25, 0.3) is 0 Å². The fraction of sp³-hybridized carbons (Fsp3) is 0.364. The first-order valence-electron chi connectivity index (χ1n) is 4.85. The van der Waals surface area contributed by atoms with Gasteiger partial charge in [-0.05, 0) is 25.1 Å². The Kier molecular flexibility index (Phi) is 4.24. The second-order valence-electron chi connectivity index (χ2n) is 3.67. The minimum Gasteiger partial charge on any atom is -0.382 e. The zero-order valence-corrected chi connectivity index (χ0v) is 9.73. The predicted octanol–water partition coefficient (Wildman–Crippen LogP) is 3.96. The molecular formula is C11H10ClF3N2. The smallest absolute Gasteiger partial charge is 0.382 e. The summed E-state index contributed by atoms with van der Waals surface area (Å²) in [5.41, 5.74) is 0.756. The summed E-state index contributed by atoms with van der Waals surface area (Å²) in [6, 6.07) is 5.55. The molecule has 0 spiro atoms. The third kappa shape index (κ3) is 4.53. The molecule has 1 rings (SSSR count). The van der Waals surface area contributed by atoms with Crippen LogP contribution in [-0.2, 0) is 0 Å². The molecule has 1 N–H and O–H groups in total. The SMILES string of the molecule is CC(CC(F)(F)F)Nc1ccc(C#N)c(Cl)c1. The van der Waals surface area contributed by atoms with Gasteiger partial charge in [-0.25, -0.2) is 0 Å². The average Bonchev–Trinajstić information content (AvgIpc) is 2.14. The lowest BCUT2D eigenvalue weighted by atomic mass is 10.2. The van der Waals surface area contributed by atoms with Gasteiger partial charge in [0.05, 0.1) is 17.0 Å². The maximum atomic E-state index is 12.1. The van der Waals surface area contributed by atoms with Gasteiger partial charge in [-0.15, -0.1) is 0 Å². The molecule has 1 aromatic rings. The molecule has 0 saturated carbocycles. The molecule has 0 saturated heterocycles. The Balaban J connectivity index is 2.70. The Morgan fingerprint density at radius 3 is 2.59 bits per heavy atom. The van der Waals surface area contributed by atoms with Crippen LogP contribution in [0.4, 0.5) is 18.9 Å². The molecule has 2 nitrogen and oxygen atoms in total. The van der Waals surface area contributed by atoms with Gasteiger partial charge < -0.3 is 5.32 Å². The van der Waals surface area contributed by atoms with Gasteiger partial charge in [0, 0.05) is 11.7 Å². The summed E-state index contributed by atoms with van der Waals surface area (Å²) in [5.74, 6) is 0. The number of hydrogen-bond donors (Lipinski definition) is 1. The molecule has 6 heteroatoms. The van der Waals surface area contributed by atoms with E-state index in [0.717, 1.165) is 0 Å². The third-order valence-corrected chi connectivity index (χ3v) is 2.35. The van der Waals surface area contributed by atoms with Crippen molar-refractivity contribution < 1.29 is 13.2 Å². The topological polar surface area (TPSA) is 35.8 Å². The van der Waals surface area contributed by atoms with Crippen LogP contribution >= 0.6 is 11.6 Å². The second-order valence-corrected chi connectivity index (χ2v) is 4.08. The third-order valence-electron chi connectivity index (χ3n) is 2.04. The van der Waals surface area contributed by atoms with Crippen molar-refractivity contribution in [1.82, 2.24) is 0 Å². The first-order chi connectivity index (χ1) is 7.81. The van der Waals surface area contributed by atoms with Gasteiger partial charge in [-0.2, -0.15) is 18.4 Å². The molecule has 17 heavy (non-hydrogen) atoms. The van der Waals surface area contributed by atoms with Crippen molar-refractivity contribution in [3.8, 4) is 6.07 Å². The number of benzene rings is 1. The van der Waals surface area contributed by atoms with Gasteiger partial charge in [0.2, 0.25) is 0 Å². The molecule has 0 aliphatic heterocycles. The van der Waals surface area contributed by atoms with E-state index in [2.05, 4.69) is 5.32 Å². The van der Waals surface area contributed by atoms with Crippen LogP contribution in [0.2, 0.25) is 5.02 Å². The Morgan fingerprint density at radius 1 is 1.47 bits per heavy atom. The monoisotopic (exact) mass is 262 g/mol. The molecule has 0 aromatic heterocycles. The molecule has 0 amide bonds. The van der Waals surface area contributed by atoms with Crippen molar-refractivity contribution in [2.75, 3.05) is 5.32 Å². The summed E-state index contributed by atoms with van der Waals surface area (Å²) in [5, 5.41) is 11.5. The van der Waals surface area contributed by atoms with Gasteiger partial charge in [-0.1, -0.05) is 11.6 Å². The van der Waals surface area contributed by atoms with Gasteiger partial charge in [0.1, 0.15) is 6.07 Å². The Morgan fingerprint density at radius 2 is 2.12 bits per heavy atom. The van der Waals surface area contributed by atoms with Crippen molar-refractivity contribution in [3.05, 3.63) is 28.8 Å². The summed E-state index contributed by atoms with van der Waals surface area (Å²) < 4.78 is 36.3. The summed E-state index contributed by atoms with van der Waals surface area (Å²) in [4.78, 5) is 0. The fourth-order valence-electron chi connectivity index (χ4n) is 1.38. The van der Waals surface area contributed by atoms with Gasteiger partial charge in [0.25, 0.3) is 0 Å². The van der Waals surface area contributed by atoms with E-state index in [9.17, 15) is 13.2 Å². The standard InChI is InChI=1S/C11H10ClF3N2/c1-7(5-11(13,14)15)17-9-3-2-8(6-16)10(12)4-9/h2-4,7,17H,5H2,1H3. The lowest BCUT2D eigenvalue weighted by Crippen LogP contribution is -2.23. The lowest BCUT2D eigenvalue weighted by Gasteiger charge is -2.17. The predicted molar refractivity (Wildman–Crippen MR) is 59.9 cm³/mol. The van der Waals surface area contributed by atoms with Crippen LogP contribution < -0.4 is 5.32 Å². The number of alkyl halides is 3. The molecule has 1 unspecified atom stereocenters. The lowest BCUT2D eigenvalue weighted by molar-refractivity contribution is -0.136. The summed E-state index contributed by atoms with van der Waals surface area (Å²) in [6.07, 6.45) is -5.13. The first-order valence-corrected chi connectivity index (χ1v) is 5.22. The Labute approximate surface area is 102 Å². The highest BCUT2D eigenvalue weighted by molar-refractivity contribution is 6.32. The quantitative estimate of drug-likeness (QED) is 0.895. The molecule has 1 atom stereocenters. The summed E-state index contributed by atoms with van der Waals surface area (Å²) in [6.45, 7) is 1.43. The van der Waals surface area contributed by atoms with Crippen molar-refractivity contribution >= 4 is 17.3 Å². The van der Waals surface area contributed by atoms with Crippen LogP contribution in [0.5, 0.6) is 0 Å². The number of nitriles is 1. The second kappa shape index (κ2) is 5.28. The Hall–Kier alpha value is -1.41. The van der Waals surface area contributed by atoms with E-state index < -0.39 is 18.6 Å². The van der Waals surface area contributed by atoms with Crippen LogP contribution in [0.3, 0.4) is 0 Å². The van der Waals surface area contributed by atoms with Gasteiger partial charge in [0.15, 0.2) is 0 Å². The largest absolute Gasteiger partial charge is 0.391 e. The molecule has 92 valence electrons. The average molecular weight is 263 g/mol. The number of rotatable bonds is 3. The highest BCUT2D eigenvalue weighted by Crippen LogP contribution is 2.25. The number of halogens is 4. The highest BCUT2D eigenvalue weighted by atomic mass is 35.5. The minimum absolute atomic E-state index is 0.219. The van der Waals surface area contributed by atoms with Crippen molar-refractivity contribution in [3.63, 3.8) is 0 Å². The number of nitrogens with zero attached hydrogens (tertiary/aromatic N) is 1. The first kappa shape index (κ1) is 13.7. The fourth-order valence-corrected chi connectivity index (χ4v) is 1.60. The number of anilines is 1. The van der Waals surface area contributed by atoms with E-state index in [1.807, 2.05) is 6.07 Å². The van der Waals surface area contributed by atoms with Crippen LogP contribution in [-0.4, -0.2) is 12.2 Å². The summed E-state index contributed by atoms with van der Waals surface area (Å²) >= 11 is 5.76. The number of nitrogens with one attached hydrogen (secondary N) is 1. The molecule has 0 aliphatic carbocycles. The minimum atomic E-state index is -4.21. The van der Waals surface area contributed by atoms with E-state index >= 15 is 0 Å². The summed E-state index contributed by atoms with van der Waals surface area (Å²) in [7, 11) is 0. The normalized spacial score (nSPS) is 12.9. The van der Waals surface area contributed by atoms with Gasteiger partial charge >= 0.3 is 6.18 Å². The maximum Gasteiger partial charge on any atom is 0.391 e. The highest BCUT2D eigenvalue weighted by Gasteiger charge is 2.29. The van der Waals surface area contributed by atoms with E-state index in [-0.39, 0.29) is 5.02 Å². The zero-order valence-electron chi connectivity index (χ0n) is 8.98. The Bertz CT molecular complexity index is 437. The van der Waals surface area contributed by atoms with E-state index in [1.165, 1.54) is 25.1 Å². The molecule has 0 fully saturated rings. The molecule has 1 aromatic carbocycles. The van der Waals surface area contributed by atoms with Crippen LogP contribution in [0.15, 0.2) is 18.2 Å². The molecule has 0 radical (unpaired) electrons. The zero-order chi connectivity index (χ0) is 13.1. The molecule has 0 heterocycles. The molecule has 0 bridgehead atoms. The van der Waals surface area contributed by atoms with E-state index in [0.29, 0.717) is 11.3 Å². The van der Waals surface area contributed by atoms with Crippen molar-refractivity contribution in [2.45, 2.75) is 25.6 Å². The van der Waals surface area contributed by atoms with E-state index in [1.54, 1.807) is 0 Å². The van der Waals surface area contributed by atoms with Gasteiger partial charge in [-0.3, -0.25) is 0 Å². The van der Waals surface area contributed by atoms with Crippen molar-refractivity contribution in [1.29, 1.82) is 5.26 Å². The molecule has 0 aliphatic rings. The van der Waals surface area contributed by atoms with E-state index in [4.69, 9.17) is 16.9 Å².